The number of nitrogens with two attached hydrogens (primary N) is 1. The van der Waals surface area contributed by atoms with Crippen LogP contribution in [-0.2, 0) is 22.6 Å². The normalized spacial score (nSPS) is 13.2. The zero-order chi connectivity index (χ0) is 13.4. The van der Waals surface area contributed by atoms with Gasteiger partial charge in [0.25, 0.3) is 0 Å². The number of thiazole rings is 1. The van der Waals surface area contributed by atoms with Crippen LogP contribution in [0.3, 0.4) is 0 Å². The second-order valence-electron chi connectivity index (χ2n) is 4.20. The largest absolute Gasteiger partial charge is 0.383 e. The van der Waals surface area contributed by atoms with Gasteiger partial charge in [0, 0.05) is 45.3 Å². The van der Waals surface area contributed by atoms with Gasteiger partial charge < -0.3 is 15.2 Å². The van der Waals surface area contributed by atoms with E-state index in [1.54, 1.807) is 25.6 Å². The Labute approximate surface area is 113 Å². The molecule has 1 aromatic rings. The molecule has 2 N–H and O–H groups in total. The summed E-state index contributed by atoms with van der Waals surface area (Å²) in [7, 11) is 3.44. The molecule has 0 aromatic carbocycles. The van der Waals surface area contributed by atoms with Gasteiger partial charge in [0.2, 0.25) is 0 Å². The van der Waals surface area contributed by atoms with E-state index >= 15 is 0 Å². The van der Waals surface area contributed by atoms with Crippen LogP contribution in [0.4, 0.5) is 0 Å². The fourth-order valence-corrected chi connectivity index (χ4v) is 2.40. The summed E-state index contributed by atoms with van der Waals surface area (Å²) < 4.78 is 10.4. The Bertz CT molecular complexity index is 333. The van der Waals surface area contributed by atoms with Gasteiger partial charge in [-0.1, -0.05) is 0 Å². The van der Waals surface area contributed by atoms with E-state index in [0.29, 0.717) is 25.8 Å². The number of ether oxygens (including phenoxy) is 2. The molecule has 0 aliphatic carbocycles. The Kier molecular flexibility index (Phi) is 7.38. The standard InChI is InChI=1S/C12H23N3O2S/c1-10(8-17-3)15(4-5-16-2)7-11-9-18-12(6-13)14-11/h9-10H,4-8,13H2,1-3H3. The molecule has 6 heteroatoms. The van der Waals surface area contributed by atoms with E-state index < -0.39 is 0 Å². The van der Waals surface area contributed by atoms with Gasteiger partial charge in [-0.05, 0) is 6.92 Å². The van der Waals surface area contributed by atoms with Crippen LogP contribution in [0.25, 0.3) is 0 Å². The minimum absolute atomic E-state index is 0.341. The molecule has 1 atom stereocenters. The van der Waals surface area contributed by atoms with Crippen LogP contribution in [0.2, 0.25) is 0 Å². The lowest BCUT2D eigenvalue weighted by atomic mass is 10.2. The maximum absolute atomic E-state index is 5.58. The molecule has 0 amide bonds. The van der Waals surface area contributed by atoms with Crippen molar-refractivity contribution in [1.82, 2.24) is 9.88 Å². The van der Waals surface area contributed by atoms with Crippen LogP contribution in [0.1, 0.15) is 17.6 Å². The summed E-state index contributed by atoms with van der Waals surface area (Å²) in [6.45, 7) is 5.76. The number of hydrogen-bond donors (Lipinski definition) is 1. The molecule has 0 bridgehead atoms. The van der Waals surface area contributed by atoms with Gasteiger partial charge in [-0.25, -0.2) is 4.98 Å². The highest BCUT2D eigenvalue weighted by atomic mass is 32.1. The van der Waals surface area contributed by atoms with Crippen molar-refractivity contribution < 1.29 is 9.47 Å². The highest BCUT2D eigenvalue weighted by Crippen LogP contribution is 2.13. The Balaban J connectivity index is 2.58. The highest BCUT2D eigenvalue weighted by Gasteiger charge is 2.15. The summed E-state index contributed by atoms with van der Waals surface area (Å²) in [6.07, 6.45) is 0. The fourth-order valence-electron chi connectivity index (χ4n) is 1.73. The number of nitrogens with zero attached hydrogens (tertiary/aromatic N) is 2. The lowest BCUT2D eigenvalue weighted by molar-refractivity contribution is 0.0698. The molecule has 0 fully saturated rings. The van der Waals surface area contributed by atoms with Gasteiger partial charge in [-0.2, -0.15) is 0 Å². The van der Waals surface area contributed by atoms with E-state index in [1.807, 2.05) is 0 Å². The SMILES string of the molecule is COCCN(Cc1csc(CN)n1)C(C)COC. The van der Waals surface area contributed by atoms with Gasteiger partial charge >= 0.3 is 0 Å². The Hall–Kier alpha value is -0.530. The third-order valence-electron chi connectivity index (χ3n) is 2.75. The third kappa shape index (κ3) is 4.99. The molecule has 1 rings (SSSR count). The van der Waals surface area contributed by atoms with Crippen molar-refractivity contribution in [2.75, 3.05) is 34.0 Å². The van der Waals surface area contributed by atoms with E-state index in [-0.39, 0.29) is 0 Å². The molecule has 104 valence electrons. The summed E-state index contributed by atoms with van der Waals surface area (Å²) in [4.78, 5) is 6.80. The first-order valence-electron chi connectivity index (χ1n) is 6.06. The zero-order valence-electron chi connectivity index (χ0n) is 11.4. The number of methoxy groups -OCH3 is 2. The number of aromatic nitrogens is 1. The Morgan fingerprint density at radius 1 is 1.44 bits per heavy atom. The van der Waals surface area contributed by atoms with E-state index in [0.717, 1.165) is 23.8 Å². The van der Waals surface area contributed by atoms with Crippen molar-refractivity contribution in [3.63, 3.8) is 0 Å². The molecular formula is C12H23N3O2S. The highest BCUT2D eigenvalue weighted by molar-refractivity contribution is 7.09. The van der Waals surface area contributed by atoms with Crippen molar-refractivity contribution in [2.24, 2.45) is 5.73 Å². The van der Waals surface area contributed by atoms with Crippen LogP contribution < -0.4 is 5.73 Å². The first-order valence-corrected chi connectivity index (χ1v) is 6.94. The number of hydrogen-bond acceptors (Lipinski definition) is 6. The molecule has 0 spiro atoms. The lowest BCUT2D eigenvalue weighted by Gasteiger charge is -2.27. The van der Waals surface area contributed by atoms with E-state index in [4.69, 9.17) is 15.2 Å². The van der Waals surface area contributed by atoms with Gasteiger partial charge in [0.15, 0.2) is 0 Å². The summed E-state index contributed by atoms with van der Waals surface area (Å²) in [5.41, 5.74) is 6.64. The van der Waals surface area contributed by atoms with Crippen LogP contribution in [-0.4, -0.2) is 49.9 Å². The van der Waals surface area contributed by atoms with Gasteiger partial charge in [0.1, 0.15) is 5.01 Å². The van der Waals surface area contributed by atoms with Crippen LogP contribution in [0, 0.1) is 0 Å². The maximum Gasteiger partial charge on any atom is 0.106 e. The molecular weight excluding hydrogens is 250 g/mol. The van der Waals surface area contributed by atoms with Crippen molar-refractivity contribution >= 4 is 11.3 Å². The lowest BCUT2D eigenvalue weighted by Crippen LogP contribution is -2.38. The van der Waals surface area contributed by atoms with Crippen LogP contribution >= 0.6 is 11.3 Å². The van der Waals surface area contributed by atoms with Crippen molar-refractivity contribution in [1.29, 1.82) is 0 Å². The first kappa shape index (κ1) is 15.5. The second-order valence-corrected chi connectivity index (χ2v) is 5.15. The molecule has 0 aliphatic heterocycles. The fraction of sp³-hybridized carbons (Fsp3) is 0.750. The molecule has 0 saturated heterocycles. The average Bonchev–Trinajstić information content (AvgIpc) is 2.82. The van der Waals surface area contributed by atoms with Gasteiger partial charge in [-0.3, -0.25) is 4.90 Å². The molecule has 0 aliphatic rings. The van der Waals surface area contributed by atoms with Crippen LogP contribution in [0.15, 0.2) is 5.38 Å². The van der Waals surface area contributed by atoms with E-state index in [1.165, 1.54) is 0 Å². The van der Waals surface area contributed by atoms with Crippen LogP contribution in [0.5, 0.6) is 0 Å². The molecule has 5 nitrogen and oxygen atoms in total. The Morgan fingerprint density at radius 2 is 2.22 bits per heavy atom. The summed E-state index contributed by atoms with van der Waals surface area (Å²) in [5.74, 6) is 0. The third-order valence-corrected chi connectivity index (χ3v) is 3.67. The minimum atomic E-state index is 0.341. The molecule has 0 radical (unpaired) electrons. The summed E-state index contributed by atoms with van der Waals surface area (Å²) in [6, 6.07) is 0.341. The molecule has 0 saturated carbocycles. The number of rotatable bonds is 9. The predicted molar refractivity (Wildman–Crippen MR) is 73.6 cm³/mol. The van der Waals surface area contributed by atoms with Crippen molar-refractivity contribution in [3.8, 4) is 0 Å². The minimum Gasteiger partial charge on any atom is -0.383 e. The van der Waals surface area contributed by atoms with E-state index in [2.05, 4.69) is 22.2 Å². The molecule has 18 heavy (non-hydrogen) atoms. The van der Waals surface area contributed by atoms with E-state index in [9.17, 15) is 0 Å². The van der Waals surface area contributed by atoms with Crippen molar-refractivity contribution in [2.45, 2.75) is 26.1 Å². The zero-order valence-corrected chi connectivity index (χ0v) is 12.2. The summed E-state index contributed by atoms with van der Waals surface area (Å²) >= 11 is 1.62. The Morgan fingerprint density at radius 3 is 2.78 bits per heavy atom. The molecule has 1 aromatic heterocycles. The maximum atomic E-state index is 5.58. The monoisotopic (exact) mass is 273 g/mol. The average molecular weight is 273 g/mol. The van der Waals surface area contributed by atoms with Crippen molar-refractivity contribution in [3.05, 3.63) is 16.1 Å². The predicted octanol–water partition coefficient (Wildman–Crippen LogP) is 1.09. The smallest absolute Gasteiger partial charge is 0.106 e. The molecule has 1 unspecified atom stereocenters. The first-order chi connectivity index (χ1) is 8.71. The van der Waals surface area contributed by atoms with Gasteiger partial charge in [-0.15, -0.1) is 11.3 Å². The molecule has 1 heterocycles. The topological polar surface area (TPSA) is 60.6 Å². The second kappa shape index (κ2) is 8.55. The van der Waals surface area contributed by atoms with Gasteiger partial charge in [0.05, 0.1) is 18.9 Å². The summed E-state index contributed by atoms with van der Waals surface area (Å²) in [5, 5.41) is 3.05. The quantitative estimate of drug-likeness (QED) is 0.729.